The number of imidazole rings is 1. The summed E-state index contributed by atoms with van der Waals surface area (Å²) < 4.78 is 29.0. The number of amides is 1. The molecule has 0 N–H and O–H groups in total. The summed E-state index contributed by atoms with van der Waals surface area (Å²) in [5.74, 6) is 1.50. The molecule has 0 spiro atoms. The highest BCUT2D eigenvalue weighted by Crippen LogP contribution is 2.24. The topological polar surface area (TPSA) is 75.5 Å². The summed E-state index contributed by atoms with van der Waals surface area (Å²) in [5, 5.41) is 0.0666. The van der Waals surface area contributed by atoms with Crippen LogP contribution < -0.4 is 0 Å². The third-order valence-corrected chi connectivity index (χ3v) is 7.58. The van der Waals surface area contributed by atoms with Gasteiger partial charge in [0.1, 0.15) is 5.82 Å². The minimum absolute atomic E-state index is 0.0375. The Bertz CT molecular complexity index is 936. The first-order chi connectivity index (χ1) is 13.3. The van der Waals surface area contributed by atoms with Crippen molar-refractivity contribution in [3.8, 4) is 0 Å². The maximum absolute atomic E-state index is 13.1. The third kappa shape index (κ3) is 4.26. The summed E-state index contributed by atoms with van der Waals surface area (Å²) >= 11 is 1.64. The SMILES string of the molecule is CCSc1ccccc1C(=O)N1CCCN(S(=O)(=O)c2cn(C)c(C)n2)CC1. The maximum Gasteiger partial charge on any atom is 0.262 e. The third-order valence-electron chi connectivity index (χ3n) is 4.85. The molecule has 28 heavy (non-hydrogen) atoms. The van der Waals surface area contributed by atoms with E-state index in [4.69, 9.17) is 0 Å². The van der Waals surface area contributed by atoms with Crippen LogP contribution in [0.2, 0.25) is 0 Å². The Labute approximate surface area is 170 Å². The van der Waals surface area contributed by atoms with Crippen molar-refractivity contribution in [2.24, 2.45) is 7.05 Å². The number of nitrogens with zero attached hydrogens (tertiary/aromatic N) is 4. The van der Waals surface area contributed by atoms with Crippen molar-refractivity contribution in [1.82, 2.24) is 18.8 Å². The molecule has 2 heterocycles. The molecule has 0 bridgehead atoms. The van der Waals surface area contributed by atoms with Gasteiger partial charge in [-0.3, -0.25) is 4.79 Å². The standard InChI is InChI=1S/C19H26N4O3S2/c1-4-27-17-9-6-5-8-16(17)19(24)22-10-7-11-23(13-12-22)28(25,26)18-14-21(3)15(2)20-18/h5-6,8-9,14H,4,7,10-13H2,1-3H3. The van der Waals surface area contributed by atoms with Crippen LogP contribution in [-0.2, 0) is 17.1 Å². The number of carbonyl (C=O) groups excluding carboxylic acids is 1. The molecular weight excluding hydrogens is 396 g/mol. The van der Waals surface area contributed by atoms with Crippen LogP contribution in [0.5, 0.6) is 0 Å². The van der Waals surface area contributed by atoms with Crippen LogP contribution in [0, 0.1) is 6.92 Å². The molecule has 2 aromatic rings. The van der Waals surface area contributed by atoms with Gasteiger partial charge in [0.2, 0.25) is 0 Å². The van der Waals surface area contributed by atoms with Crippen LogP contribution in [0.3, 0.4) is 0 Å². The lowest BCUT2D eigenvalue weighted by molar-refractivity contribution is 0.0761. The predicted molar refractivity (Wildman–Crippen MR) is 110 cm³/mol. The lowest BCUT2D eigenvalue weighted by Gasteiger charge is -2.22. The molecule has 0 saturated carbocycles. The fourth-order valence-corrected chi connectivity index (χ4v) is 5.51. The summed E-state index contributed by atoms with van der Waals surface area (Å²) in [6, 6.07) is 7.60. The second-order valence-corrected chi connectivity index (χ2v) is 9.91. The first kappa shape index (κ1) is 20.9. The summed E-state index contributed by atoms with van der Waals surface area (Å²) in [4.78, 5) is 19.9. The summed E-state index contributed by atoms with van der Waals surface area (Å²) in [6.07, 6.45) is 2.14. The highest BCUT2D eigenvalue weighted by molar-refractivity contribution is 7.99. The summed E-state index contributed by atoms with van der Waals surface area (Å²) in [5.41, 5.74) is 0.686. The van der Waals surface area contributed by atoms with Gasteiger partial charge in [0.05, 0.1) is 5.56 Å². The van der Waals surface area contributed by atoms with Gasteiger partial charge in [-0.05, 0) is 31.2 Å². The molecule has 3 rings (SSSR count). The number of sulfonamides is 1. The van der Waals surface area contributed by atoms with Gasteiger partial charge in [0.15, 0.2) is 5.03 Å². The van der Waals surface area contributed by atoms with Crippen molar-refractivity contribution in [3.63, 3.8) is 0 Å². The van der Waals surface area contributed by atoms with Crippen molar-refractivity contribution in [2.75, 3.05) is 31.9 Å². The Morgan fingerprint density at radius 2 is 1.93 bits per heavy atom. The first-order valence-corrected chi connectivity index (χ1v) is 11.8. The maximum atomic E-state index is 13.1. The van der Waals surface area contributed by atoms with Crippen LogP contribution in [0.25, 0.3) is 0 Å². The van der Waals surface area contributed by atoms with Gasteiger partial charge in [-0.1, -0.05) is 19.1 Å². The number of hydrogen-bond acceptors (Lipinski definition) is 5. The van der Waals surface area contributed by atoms with Gasteiger partial charge in [-0.2, -0.15) is 4.31 Å². The molecule has 0 radical (unpaired) electrons. The van der Waals surface area contributed by atoms with Crippen molar-refractivity contribution >= 4 is 27.7 Å². The van der Waals surface area contributed by atoms with E-state index in [9.17, 15) is 13.2 Å². The molecule has 0 aliphatic carbocycles. The molecule has 7 nitrogen and oxygen atoms in total. The van der Waals surface area contributed by atoms with E-state index in [2.05, 4.69) is 11.9 Å². The monoisotopic (exact) mass is 422 g/mol. The normalized spacial score (nSPS) is 16.2. The van der Waals surface area contributed by atoms with Crippen LogP contribution in [0.1, 0.15) is 29.5 Å². The zero-order valence-corrected chi connectivity index (χ0v) is 18.1. The number of rotatable bonds is 5. The number of aromatic nitrogens is 2. The number of aryl methyl sites for hydroxylation is 2. The van der Waals surface area contributed by atoms with E-state index >= 15 is 0 Å². The molecule has 152 valence electrons. The highest BCUT2D eigenvalue weighted by atomic mass is 32.2. The van der Waals surface area contributed by atoms with E-state index in [1.807, 2.05) is 24.3 Å². The summed E-state index contributed by atoms with van der Waals surface area (Å²) in [6.45, 7) is 5.39. The van der Waals surface area contributed by atoms with E-state index in [1.54, 1.807) is 35.2 Å². The molecule has 9 heteroatoms. The smallest absolute Gasteiger partial charge is 0.262 e. The largest absolute Gasteiger partial charge is 0.337 e. The molecule has 1 aliphatic heterocycles. The lowest BCUT2D eigenvalue weighted by atomic mass is 10.2. The Morgan fingerprint density at radius 3 is 2.61 bits per heavy atom. The van der Waals surface area contributed by atoms with Gasteiger partial charge in [0.25, 0.3) is 15.9 Å². The molecule has 1 fully saturated rings. The van der Waals surface area contributed by atoms with E-state index in [-0.39, 0.29) is 17.5 Å². The molecule has 1 amide bonds. The molecule has 1 aliphatic rings. The van der Waals surface area contributed by atoms with Gasteiger partial charge in [0, 0.05) is 44.3 Å². The van der Waals surface area contributed by atoms with E-state index < -0.39 is 10.0 Å². The predicted octanol–water partition coefficient (Wildman–Crippen LogP) is 2.38. The quantitative estimate of drug-likeness (QED) is 0.692. The zero-order chi connectivity index (χ0) is 20.3. The summed E-state index contributed by atoms with van der Waals surface area (Å²) in [7, 11) is -1.88. The van der Waals surface area contributed by atoms with Gasteiger partial charge < -0.3 is 9.47 Å². The fraction of sp³-hybridized carbons (Fsp3) is 0.474. The Hall–Kier alpha value is -1.84. The van der Waals surface area contributed by atoms with Crippen molar-refractivity contribution in [1.29, 1.82) is 0 Å². The van der Waals surface area contributed by atoms with Crippen molar-refractivity contribution in [3.05, 3.63) is 41.9 Å². The molecule has 1 aromatic carbocycles. The zero-order valence-electron chi connectivity index (χ0n) is 16.5. The average molecular weight is 423 g/mol. The van der Waals surface area contributed by atoms with Gasteiger partial charge >= 0.3 is 0 Å². The molecule has 1 saturated heterocycles. The van der Waals surface area contributed by atoms with Crippen molar-refractivity contribution in [2.45, 2.75) is 30.2 Å². The van der Waals surface area contributed by atoms with Gasteiger partial charge in [-0.25, -0.2) is 13.4 Å². The second kappa shape index (κ2) is 8.67. The van der Waals surface area contributed by atoms with Crippen LogP contribution in [-0.4, -0.2) is 65.0 Å². The van der Waals surface area contributed by atoms with Crippen LogP contribution >= 0.6 is 11.8 Å². The highest BCUT2D eigenvalue weighted by Gasteiger charge is 2.30. The lowest BCUT2D eigenvalue weighted by Crippen LogP contribution is -2.37. The van der Waals surface area contributed by atoms with E-state index in [0.717, 1.165) is 10.6 Å². The van der Waals surface area contributed by atoms with Crippen molar-refractivity contribution < 1.29 is 13.2 Å². The van der Waals surface area contributed by atoms with Crippen LogP contribution in [0.15, 0.2) is 40.4 Å². The minimum Gasteiger partial charge on any atom is -0.337 e. The fourth-order valence-electron chi connectivity index (χ4n) is 3.22. The number of hydrogen-bond donors (Lipinski definition) is 0. The molecule has 0 atom stereocenters. The first-order valence-electron chi connectivity index (χ1n) is 9.35. The number of benzene rings is 1. The second-order valence-electron chi connectivity index (χ2n) is 6.72. The number of carbonyl (C=O) groups is 1. The molecular formula is C19H26N4O3S2. The van der Waals surface area contributed by atoms with Crippen LogP contribution in [0.4, 0.5) is 0 Å². The minimum atomic E-state index is -3.66. The Kier molecular flexibility index (Phi) is 6.47. The molecule has 1 aromatic heterocycles. The molecule has 0 unspecified atom stereocenters. The average Bonchev–Trinajstić information content (AvgIpc) is 2.87. The van der Waals surface area contributed by atoms with Gasteiger partial charge in [-0.15, -0.1) is 11.8 Å². The Morgan fingerprint density at radius 1 is 1.18 bits per heavy atom. The Balaban J connectivity index is 1.75. The van der Waals surface area contributed by atoms with E-state index in [1.165, 1.54) is 10.5 Å². The van der Waals surface area contributed by atoms with E-state index in [0.29, 0.717) is 37.4 Å². The number of thioether (sulfide) groups is 1.